The number of esters is 1. The second-order valence-corrected chi connectivity index (χ2v) is 4.44. The zero-order valence-corrected chi connectivity index (χ0v) is 12.2. The van der Waals surface area contributed by atoms with Gasteiger partial charge in [-0.3, -0.25) is 0 Å². The van der Waals surface area contributed by atoms with Crippen molar-refractivity contribution in [1.82, 2.24) is 5.32 Å². The molecule has 0 bridgehead atoms. The fraction of sp³-hybridized carbons (Fsp3) is 0.267. The van der Waals surface area contributed by atoms with Crippen LogP contribution in [-0.2, 0) is 11.8 Å². The Morgan fingerprint density at radius 1 is 1.33 bits per heavy atom. The molecule has 6 nitrogen and oxygen atoms in total. The van der Waals surface area contributed by atoms with Gasteiger partial charge in [-0.2, -0.15) is 0 Å². The van der Waals surface area contributed by atoms with Crippen molar-refractivity contribution in [2.45, 2.75) is 6.92 Å². The van der Waals surface area contributed by atoms with E-state index < -0.39 is 12.1 Å². The molecular formula is C15H17N2O4+. The summed E-state index contributed by atoms with van der Waals surface area (Å²) in [7, 11) is 3.13. The Morgan fingerprint density at radius 2 is 2.10 bits per heavy atom. The van der Waals surface area contributed by atoms with Gasteiger partial charge in [0.25, 0.3) is 0 Å². The van der Waals surface area contributed by atoms with Gasteiger partial charge in [-0.1, -0.05) is 6.07 Å². The van der Waals surface area contributed by atoms with Crippen molar-refractivity contribution in [2.75, 3.05) is 13.7 Å². The van der Waals surface area contributed by atoms with Crippen LogP contribution in [0.5, 0.6) is 5.75 Å². The number of hydrogen-bond acceptors (Lipinski definition) is 4. The lowest BCUT2D eigenvalue weighted by Gasteiger charge is -2.08. The zero-order valence-electron chi connectivity index (χ0n) is 12.2. The maximum atomic E-state index is 11.7. The van der Waals surface area contributed by atoms with Crippen LogP contribution >= 0.6 is 0 Å². The van der Waals surface area contributed by atoms with Crippen LogP contribution in [-0.4, -0.2) is 25.7 Å². The van der Waals surface area contributed by atoms with Crippen LogP contribution in [0.1, 0.15) is 17.3 Å². The molecule has 1 amide bonds. The largest absolute Gasteiger partial charge is 0.465 e. The van der Waals surface area contributed by atoms with Crippen molar-refractivity contribution in [1.29, 1.82) is 0 Å². The Bertz CT molecular complexity index is 697. The molecule has 110 valence electrons. The summed E-state index contributed by atoms with van der Waals surface area (Å²) in [6.07, 6.45) is 1.14. The topological polar surface area (TPSA) is 68.5 Å². The number of aromatic nitrogens is 1. The number of nitrogens with one attached hydrogen (secondary N) is 1. The number of ether oxygens (including phenoxy) is 2. The number of benzene rings is 1. The third kappa shape index (κ3) is 3.10. The number of fused-ring (bicyclic) bond motifs is 1. The predicted molar refractivity (Wildman–Crippen MR) is 76.2 cm³/mol. The van der Waals surface area contributed by atoms with E-state index in [4.69, 9.17) is 9.47 Å². The maximum Gasteiger partial charge on any atom is 0.412 e. The SMILES string of the molecule is CCNC(=O)Oc1cccc2c1cc(C(=O)OC)c[n+]2C. The van der Waals surface area contributed by atoms with Crippen molar-refractivity contribution in [3.8, 4) is 5.75 Å². The van der Waals surface area contributed by atoms with E-state index in [0.29, 0.717) is 23.2 Å². The summed E-state index contributed by atoms with van der Waals surface area (Å²) in [5, 5.41) is 3.22. The predicted octanol–water partition coefficient (Wildman–Crippen LogP) is 1.56. The van der Waals surface area contributed by atoms with Gasteiger partial charge in [-0.05, 0) is 19.1 Å². The van der Waals surface area contributed by atoms with Gasteiger partial charge in [0.05, 0.1) is 12.5 Å². The summed E-state index contributed by atoms with van der Waals surface area (Å²) in [6, 6.07) is 6.99. The first-order chi connectivity index (χ1) is 10.1. The first-order valence-corrected chi connectivity index (χ1v) is 6.53. The lowest BCUT2D eigenvalue weighted by atomic mass is 10.1. The Morgan fingerprint density at radius 3 is 2.76 bits per heavy atom. The van der Waals surface area contributed by atoms with Crippen LogP contribution in [0.25, 0.3) is 10.9 Å². The van der Waals surface area contributed by atoms with Crippen LogP contribution in [0.15, 0.2) is 30.5 Å². The normalized spacial score (nSPS) is 10.2. The second kappa shape index (κ2) is 6.21. The number of pyridine rings is 1. The van der Waals surface area contributed by atoms with Gasteiger partial charge in [0, 0.05) is 12.6 Å². The number of aryl methyl sites for hydroxylation is 1. The molecule has 1 aromatic heterocycles. The number of rotatable bonds is 3. The molecule has 0 fully saturated rings. The molecule has 0 radical (unpaired) electrons. The Labute approximate surface area is 122 Å². The number of amides is 1. The van der Waals surface area contributed by atoms with Gasteiger partial charge in [-0.25, -0.2) is 14.2 Å². The van der Waals surface area contributed by atoms with E-state index in [9.17, 15) is 9.59 Å². The molecule has 0 atom stereocenters. The van der Waals surface area contributed by atoms with Crippen molar-refractivity contribution in [3.63, 3.8) is 0 Å². The fourth-order valence-corrected chi connectivity index (χ4v) is 2.05. The van der Waals surface area contributed by atoms with Crippen LogP contribution in [0, 0.1) is 0 Å². The maximum absolute atomic E-state index is 11.7. The highest BCUT2D eigenvalue weighted by Crippen LogP contribution is 2.24. The van der Waals surface area contributed by atoms with Crippen LogP contribution < -0.4 is 14.6 Å². The second-order valence-electron chi connectivity index (χ2n) is 4.44. The lowest BCUT2D eigenvalue weighted by Crippen LogP contribution is -2.31. The van der Waals surface area contributed by atoms with E-state index in [0.717, 1.165) is 5.52 Å². The van der Waals surface area contributed by atoms with Gasteiger partial charge in [0.15, 0.2) is 6.20 Å². The van der Waals surface area contributed by atoms with Crippen molar-refractivity contribution in [3.05, 3.63) is 36.0 Å². The van der Waals surface area contributed by atoms with Crippen LogP contribution in [0.3, 0.4) is 0 Å². The molecule has 2 aromatic rings. The summed E-state index contributed by atoms with van der Waals surface area (Å²) in [5.74, 6) is -0.0554. The van der Waals surface area contributed by atoms with E-state index in [-0.39, 0.29) is 0 Å². The van der Waals surface area contributed by atoms with Gasteiger partial charge < -0.3 is 14.8 Å². The molecule has 2 rings (SSSR count). The first kappa shape index (κ1) is 14.8. The number of nitrogens with zero attached hydrogens (tertiary/aromatic N) is 1. The molecule has 0 unspecified atom stereocenters. The molecule has 1 heterocycles. The summed E-state index contributed by atoms with van der Waals surface area (Å²) < 4.78 is 11.8. The molecular weight excluding hydrogens is 272 g/mol. The van der Waals surface area contributed by atoms with Crippen LogP contribution in [0.4, 0.5) is 4.79 Å². The molecule has 6 heteroatoms. The first-order valence-electron chi connectivity index (χ1n) is 6.53. The van der Waals surface area contributed by atoms with Gasteiger partial charge in [-0.15, -0.1) is 0 Å². The third-order valence-electron chi connectivity index (χ3n) is 3.00. The molecule has 0 aliphatic rings. The highest BCUT2D eigenvalue weighted by atomic mass is 16.6. The zero-order chi connectivity index (χ0) is 15.4. The van der Waals surface area contributed by atoms with Gasteiger partial charge in [0.1, 0.15) is 18.4 Å². The highest BCUT2D eigenvalue weighted by molar-refractivity contribution is 5.94. The Hall–Kier alpha value is -2.63. The Kier molecular flexibility index (Phi) is 4.37. The van der Waals surface area contributed by atoms with Gasteiger partial charge >= 0.3 is 12.1 Å². The van der Waals surface area contributed by atoms with Crippen LogP contribution in [0.2, 0.25) is 0 Å². The lowest BCUT2D eigenvalue weighted by molar-refractivity contribution is -0.645. The third-order valence-corrected chi connectivity index (χ3v) is 3.00. The summed E-state index contributed by atoms with van der Waals surface area (Å²) in [4.78, 5) is 23.3. The molecule has 0 saturated heterocycles. The number of hydrogen-bond donors (Lipinski definition) is 1. The minimum absolute atomic E-state index is 0.388. The summed E-state index contributed by atoms with van der Waals surface area (Å²) in [6.45, 7) is 2.28. The van der Waals surface area contributed by atoms with Gasteiger partial charge in [0.2, 0.25) is 5.52 Å². The monoisotopic (exact) mass is 289 g/mol. The average Bonchev–Trinajstić information content (AvgIpc) is 2.47. The summed E-state index contributed by atoms with van der Waals surface area (Å²) in [5.41, 5.74) is 1.23. The number of carbonyl (C=O) groups excluding carboxylic acids is 2. The smallest absolute Gasteiger partial charge is 0.412 e. The molecule has 1 N–H and O–H groups in total. The highest BCUT2D eigenvalue weighted by Gasteiger charge is 2.18. The van der Waals surface area contributed by atoms with E-state index in [1.54, 1.807) is 35.9 Å². The molecule has 0 aliphatic carbocycles. The molecule has 0 spiro atoms. The molecule has 0 aliphatic heterocycles. The minimum Gasteiger partial charge on any atom is -0.465 e. The number of methoxy groups -OCH3 is 1. The average molecular weight is 289 g/mol. The molecule has 21 heavy (non-hydrogen) atoms. The summed E-state index contributed by atoms with van der Waals surface area (Å²) >= 11 is 0. The molecule has 1 aromatic carbocycles. The van der Waals surface area contributed by atoms with E-state index in [1.165, 1.54) is 7.11 Å². The standard InChI is InChI=1S/C15H16N2O4/c1-4-16-15(19)21-13-7-5-6-12-11(13)8-10(9-17(12)2)14(18)20-3/h5-9H,4H2,1-3H3/p+1. The van der Waals surface area contributed by atoms with Crippen molar-refractivity contribution >= 4 is 23.0 Å². The minimum atomic E-state index is -0.531. The Balaban J connectivity index is 2.53. The quantitative estimate of drug-likeness (QED) is 0.688. The van der Waals surface area contributed by atoms with E-state index in [2.05, 4.69) is 5.32 Å². The number of carbonyl (C=O) groups is 2. The molecule has 0 saturated carbocycles. The fourth-order valence-electron chi connectivity index (χ4n) is 2.05. The van der Waals surface area contributed by atoms with E-state index in [1.807, 2.05) is 13.1 Å². The van der Waals surface area contributed by atoms with Crippen molar-refractivity contribution < 1.29 is 23.6 Å². The van der Waals surface area contributed by atoms with Crippen molar-refractivity contribution in [2.24, 2.45) is 7.05 Å². The van der Waals surface area contributed by atoms with E-state index >= 15 is 0 Å².